The average molecular weight is 280 g/mol. The zero-order chi connectivity index (χ0) is 14.5. The molecule has 1 heterocycles. The second kappa shape index (κ2) is 7.66. The van der Waals surface area contributed by atoms with E-state index in [-0.39, 0.29) is 24.6 Å². The van der Waals surface area contributed by atoms with E-state index in [1.54, 1.807) is 12.3 Å². The molecule has 0 aliphatic rings. The van der Waals surface area contributed by atoms with Crippen molar-refractivity contribution < 1.29 is 29.0 Å². The molecule has 1 N–H and O–H groups in total. The standard InChI is InChI=1S/C19H15NO.Li/c21-19(17-13-7-8-14-20-17)18(15-9-3-1-4-10-15)16-11-5-2-6-12-16;/h1-14,21H;/q;+1. The number of rotatable bonds is 3. The Morgan fingerprint density at radius 3 is 1.64 bits per heavy atom. The second-order valence-electron chi connectivity index (χ2n) is 4.71. The number of benzene rings is 2. The normalized spacial score (nSPS) is 9.64. The van der Waals surface area contributed by atoms with E-state index in [1.165, 1.54) is 0 Å². The van der Waals surface area contributed by atoms with Crippen molar-refractivity contribution in [1.82, 2.24) is 0 Å². The van der Waals surface area contributed by atoms with Crippen LogP contribution in [0.25, 0.3) is 11.3 Å². The molecule has 0 saturated heterocycles. The molecule has 3 rings (SSSR count). The fourth-order valence-corrected chi connectivity index (χ4v) is 2.31. The summed E-state index contributed by atoms with van der Waals surface area (Å²) in [5.41, 5.74) is 3.13. The quantitative estimate of drug-likeness (QED) is 0.483. The molecule has 2 aromatic carbocycles. The molecule has 0 radical (unpaired) electrons. The minimum Gasteiger partial charge on any atom is -0.868 e. The first-order chi connectivity index (χ1) is 10.4. The van der Waals surface area contributed by atoms with Gasteiger partial charge >= 0.3 is 18.9 Å². The van der Waals surface area contributed by atoms with Gasteiger partial charge in [0, 0.05) is 12.1 Å². The van der Waals surface area contributed by atoms with Crippen molar-refractivity contribution >= 4 is 11.3 Å². The van der Waals surface area contributed by atoms with E-state index in [0.717, 1.165) is 11.1 Å². The molecular weight excluding hydrogens is 265 g/mol. The van der Waals surface area contributed by atoms with Crippen molar-refractivity contribution in [1.29, 1.82) is 0 Å². The van der Waals surface area contributed by atoms with Crippen LogP contribution in [-0.4, -0.2) is 0 Å². The van der Waals surface area contributed by atoms with Gasteiger partial charge in [-0.05, 0) is 28.5 Å². The third kappa shape index (κ3) is 3.48. The first-order valence-corrected chi connectivity index (χ1v) is 6.85. The Bertz CT molecular complexity index is 699. The van der Waals surface area contributed by atoms with E-state index in [2.05, 4.69) is 4.98 Å². The van der Waals surface area contributed by atoms with Gasteiger partial charge in [-0.2, -0.15) is 0 Å². The third-order valence-electron chi connectivity index (χ3n) is 3.31. The predicted molar refractivity (Wildman–Crippen MR) is 81.8 cm³/mol. The van der Waals surface area contributed by atoms with E-state index in [9.17, 15) is 5.11 Å². The Kier molecular flexibility index (Phi) is 5.60. The van der Waals surface area contributed by atoms with Gasteiger partial charge < -0.3 is 5.11 Å². The van der Waals surface area contributed by atoms with Gasteiger partial charge in [0.25, 0.3) is 0 Å². The molecule has 0 fully saturated rings. The molecule has 0 aliphatic carbocycles. The minimum absolute atomic E-state index is 0. The molecule has 0 atom stereocenters. The van der Waals surface area contributed by atoms with Gasteiger partial charge in [-0.3, -0.25) is 0 Å². The van der Waals surface area contributed by atoms with Crippen LogP contribution >= 0.6 is 0 Å². The number of hydrogen-bond donors (Lipinski definition) is 0. The molecule has 0 saturated carbocycles. The molecule has 102 valence electrons. The molecular formula is C19H15LiNO+. The van der Waals surface area contributed by atoms with E-state index in [0.29, 0.717) is 11.3 Å². The summed E-state index contributed by atoms with van der Waals surface area (Å²) in [4.78, 5) is 3.02. The Hall–Kier alpha value is -2.27. The maximum atomic E-state index is 12.9. The van der Waals surface area contributed by atoms with Crippen LogP contribution in [0.15, 0.2) is 85.1 Å². The van der Waals surface area contributed by atoms with Gasteiger partial charge in [-0.25, -0.2) is 4.98 Å². The van der Waals surface area contributed by atoms with Gasteiger partial charge in [0.05, 0.1) is 0 Å². The molecule has 0 bridgehead atoms. The second-order valence-corrected chi connectivity index (χ2v) is 4.71. The number of aromatic amines is 1. The Morgan fingerprint density at radius 1 is 0.682 bits per heavy atom. The average Bonchev–Trinajstić information content (AvgIpc) is 2.58. The zero-order valence-electron chi connectivity index (χ0n) is 12.5. The molecule has 1 aromatic heterocycles. The summed E-state index contributed by atoms with van der Waals surface area (Å²) in [6, 6.07) is 25.0. The van der Waals surface area contributed by atoms with Gasteiger partial charge in [0.2, 0.25) is 0 Å². The molecule has 0 spiro atoms. The monoisotopic (exact) mass is 280 g/mol. The smallest absolute Gasteiger partial charge is 0.868 e. The summed E-state index contributed by atoms with van der Waals surface area (Å²) < 4.78 is 0. The molecule has 3 aromatic rings. The number of nitrogens with one attached hydrogen (secondary N) is 1. The first kappa shape index (κ1) is 16.1. The summed E-state index contributed by atoms with van der Waals surface area (Å²) in [5.74, 6) is -0.00648. The summed E-state index contributed by atoms with van der Waals surface area (Å²) in [6.07, 6.45) is 1.76. The van der Waals surface area contributed by atoms with Crippen molar-refractivity contribution in [3.05, 3.63) is 102 Å². The molecule has 3 heteroatoms. The largest absolute Gasteiger partial charge is 1.00 e. The summed E-state index contributed by atoms with van der Waals surface area (Å²) in [5, 5.41) is 12.9. The maximum absolute atomic E-state index is 12.9. The molecule has 22 heavy (non-hydrogen) atoms. The van der Waals surface area contributed by atoms with Crippen molar-refractivity contribution in [3.63, 3.8) is 0 Å². The number of H-pyrrole nitrogens is 1. The predicted octanol–water partition coefficient (Wildman–Crippen LogP) is -0.218. The van der Waals surface area contributed by atoms with Gasteiger partial charge in [-0.1, -0.05) is 60.7 Å². The Morgan fingerprint density at radius 2 is 1.18 bits per heavy atom. The van der Waals surface area contributed by atoms with E-state index in [1.807, 2.05) is 72.8 Å². The van der Waals surface area contributed by atoms with E-state index >= 15 is 0 Å². The fourth-order valence-electron chi connectivity index (χ4n) is 2.31. The minimum atomic E-state index is -0.00648. The molecule has 2 nitrogen and oxygen atoms in total. The fraction of sp³-hybridized carbons (Fsp3) is 0. The van der Waals surface area contributed by atoms with Crippen molar-refractivity contribution in [3.8, 4) is 0 Å². The van der Waals surface area contributed by atoms with E-state index in [4.69, 9.17) is 0 Å². The molecule has 0 unspecified atom stereocenters. The Labute approximate surface area is 142 Å². The van der Waals surface area contributed by atoms with Gasteiger partial charge in [-0.15, -0.1) is 0 Å². The van der Waals surface area contributed by atoms with Crippen LogP contribution in [0, 0.1) is 0 Å². The van der Waals surface area contributed by atoms with Crippen LogP contribution in [0.2, 0.25) is 0 Å². The maximum Gasteiger partial charge on any atom is 1.00 e. The molecule has 0 aliphatic heterocycles. The molecule has 0 amide bonds. The van der Waals surface area contributed by atoms with Crippen LogP contribution in [0.5, 0.6) is 0 Å². The van der Waals surface area contributed by atoms with E-state index < -0.39 is 0 Å². The summed E-state index contributed by atoms with van der Waals surface area (Å²) in [7, 11) is 0. The van der Waals surface area contributed by atoms with Crippen LogP contribution < -0.4 is 29.0 Å². The van der Waals surface area contributed by atoms with Gasteiger partial charge in [0.15, 0.2) is 11.9 Å². The van der Waals surface area contributed by atoms with Crippen LogP contribution in [0.4, 0.5) is 0 Å². The SMILES string of the molecule is [Li+].[O-]C(=C(c1ccccc1)c1ccccc1)c1cccc[nH+]1. The van der Waals surface area contributed by atoms with Crippen LogP contribution in [0.3, 0.4) is 0 Å². The van der Waals surface area contributed by atoms with Crippen molar-refractivity contribution in [2.24, 2.45) is 0 Å². The van der Waals surface area contributed by atoms with Crippen LogP contribution in [-0.2, 0) is 0 Å². The number of pyridine rings is 1. The first-order valence-electron chi connectivity index (χ1n) is 6.85. The zero-order valence-corrected chi connectivity index (χ0v) is 12.5. The number of aromatic nitrogens is 1. The van der Waals surface area contributed by atoms with Crippen LogP contribution in [0.1, 0.15) is 16.8 Å². The summed E-state index contributed by atoms with van der Waals surface area (Å²) >= 11 is 0. The topological polar surface area (TPSA) is 37.2 Å². The Balaban J connectivity index is 0.00000176. The number of hydrogen-bond acceptors (Lipinski definition) is 1. The summed E-state index contributed by atoms with van der Waals surface area (Å²) in [6.45, 7) is 0. The van der Waals surface area contributed by atoms with Crippen molar-refractivity contribution in [2.45, 2.75) is 0 Å². The van der Waals surface area contributed by atoms with Gasteiger partial charge in [0.1, 0.15) is 0 Å². The third-order valence-corrected chi connectivity index (χ3v) is 3.31. The van der Waals surface area contributed by atoms with Crippen molar-refractivity contribution in [2.75, 3.05) is 0 Å².